The largest absolute Gasteiger partial charge is 0.479 e. The molecular formula is C42H59NO8S. The summed E-state index contributed by atoms with van der Waals surface area (Å²) in [4.78, 5) is 28.8. The summed E-state index contributed by atoms with van der Waals surface area (Å²) in [6, 6.07) is 18.6. The van der Waals surface area contributed by atoms with Crippen molar-refractivity contribution in [2.24, 2.45) is 11.8 Å². The van der Waals surface area contributed by atoms with E-state index in [1.54, 1.807) is 6.08 Å². The summed E-state index contributed by atoms with van der Waals surface area (Å²) in [6.07, 6.45) is 15.5. The molecule has 1 unspecified atom stereocenters. The summed E-state index contributed by atoms with van der Waals surface area (Å²) in [5.41, 5.74) is -2.10. The van der Waals surface area contributed by atoms with E-state index in [2.05, 4.69) is 6.92 Å². The molecule has 0 aromatic heterocycles. The highest BCUT2D eigenvalue weighted by atomic mass is 32.1. The third kappa shape index (κ3) is 9.68. The van der Waals surface area contributed by atoms with Crippen molar-refractivity contribution in [3.8, 4) is 0 Å². The van der Waals surface area contributed by atoms with Crippen molar-refractivity contribution in [1.29, 1.82) is 0 Å². The van der Waals surface area contributed by atoms with Gasteiger partial charge in [-0.05, 0) is 43.8 Å². The van der Waals surface area contributed by atoms with Crippen LogP contribution < -0.4 is 0 Å². The van der Waals surface area contributed by atoms with Crippen LogP contribution in [0.4, 0.5) is 0 Å². The number of aliphatic carboxylic acids is 1. The first-order valence-corrected chi connectivity index (χ1v) is 19.5. The lowest BCUT2D eigenvalue weighted by Crippen LogP contribution is -2.58. The summed E-state index contributed by atoms with van der Waals surface area (Å²) in [5, 5.41) is 21.9. The van der Waals surface area contributed by atoms with Gasteiger partial charge in [0.15, 0.2) is 11.4 Å². The van der Waals surface area contributed by atoms with Gasteiger partial charge in [0.1, 0.15) is 0 Å². The highest BCUT2D eigenvalue weighted by Gasteiger charge is 2.60. The number of allylic oxidation sites excluding steroid dienone is 1. The molecule has 286 valence electrons. The van der Waals surface area contributed by atoms with Gasteiger partial charge in [-0.15, -0.1) is 0 Å². The molecular weight excluding hydrogens is 679 g/mol. The average Bonchev–Trinajstić information content (AvgIpc) is 3.74. The number of rotatable bonds is 22. The number of hydrogen-bond acceptors (Lipinski definition) is 8. The van der Waals surface area contributed by atoms with E-state index in [0.717, 1.165) is 56.1 Å². The minimum Gasteiger partial charge on any atom is -0.479 e. The second-order valence-electron chi connectivity index (χ2n) is 14.5. The third-order valence-electron chi connectivity index (χ3n) is 10.4. The molecule has 2 aromatic rings. The topological polar surface area (TPSA) is 115 Å². The smallest absolute Gasteiger partial charge is 0.339 e. The van der Waals surface area contributed by atoms with Crippen molar-refractivity contribution in [1.82, 2.24) is 4.90 Å². The predicted molar refractivity (Wildman–Crippen MR) is 206 cm³/mol. The molecule has 3 atom stereocenters. The monoisotopic (exact) mass is 737 g/mol. The SMILES string of the molecule is CCCCCCCC1(CCCCCCC=C[C@H](C(=O)N2C(=S)OC(c3ccccc3)(c3ccccc3)C2C(C)C)[C@@](O)(COC)C(=O)O)OCCO1. The van der Waals surface area contributed by atoms with Gasteiger partial charge in [-0.1, -0.05) is 132 Å². The maximum atomic E-state index is 14.7. The Morgan fingerprint density at radius 1 is 0.923 bits per heavy atom. The van der Waals surface area contributed by atoms with Gasteiger partial charge in [0.25, 0.3) is 5.17 Å². The minimum atomic E-state index is -2.55. The van der Waals surface area contributed by atoms with E-state index in [9.17, 15) is 19.8 Å². The van der Waals surface area contributed by atoms with E-state index in [1.165, 1.54) is 43.8 Å². The Hall–Kier alpha value is -3.15. The zero-order chi connectivity index (χ0) is 37.6. The van der Waals surface area contributed by atoms with Crippen LogP contribution in [0.3, 0.4) is 0 Å². The van der Waals surface area contributed by atoms with E-state index in [1.807, 2.05) is 74.5 Å². The fourth-order valence-corrected chi connectivity index (χ4v) is 8.12. The number of carbonyl (C=O) groups is 2. The maximum Gasteiger partial charge on any atom is 0.339 e. The van der Waals surface area contributed by atoms with Gasteiger partial charge >= 0.3 is 5.97 Å². The number of carboxylic acids is 1. The van der Waals surface area contributed by atoms with Crippen molar-refractivity contribution in [2.75, 3.05) is 26.9 Å². The summed E-state index contributed by atoms with van der Waals surface area (Å²) < 4.78 is 23.9. The molecule has 2 aliphatic rings. The van der Waals surface area contributed by atoms with Gasteiger partial charge in [-0.3, -0.25) is 9.69 Å². The first-order chi connectivity index (χ1) is 25.1. The molecule has 52 heavy (non-hydrogen) atoms. The number of benzene rings is 2. The number of carbonyl (C=O) groups excluding carboxylic acids is 1. The first-order valence-electron chi connectivity index (χ1n) is 19.1. The lowest BCUT2D eigenvalue weighted by Gasteiger charge is -2.39. The van der Waals surface area contributed by atoms with Gasteiger partial charge in [0, 0.05) is 31.1 Å². The molecule has 0 spiro atoms. The maximum absolute atomic E-state index is 14.7. The number of amides is 1. The van der Waals surface area contributed by atoms with Crippen LogP contribution in [0.5, 0.6) is 0 Å². The molecule has 2 heterocycles. The fraction of sp³-hybridized carbons (Fsp3) is 0.595. The molecule has 1 amide bonds. The van der Waals surface area contributed by atoms with Crippen LogP contribution >= 0.6 is 12.2 Å². The molecule has 2 saturated heterocycles. The van der Waals surface area contributed by atoms with E-state index >= 15 is 0 Å². The van der Waals surface area contributed by atoms with Crippen LogP contribution in [0.25, 0.3) is 0 Å². The Morgan fingerprint density at radius 2 is 1.46 bits per heavy atom. The van der Waals surface area contributed by atoms with Gasteiger partial charge in [0.05, 0.1) is 31.8 Å². The van der Waals surface area contributed by atoms with E-state index in [4.69, 9.17) is 31.2 Å². The normalized spacial score (nSPS) is 19.9. The first kappa shape index (κ1) is 41.6. The highest BCUT2D eigenvalue weighted by Crippen LogP contribution is 2.48. The zero-order valence-corrected chi connectivity index (χ0v) is 32.3. The van der Waals surface area contributed by atoms with Crippen LogP contribution in [0.1, 0.15) is 109 Å². The second kappa shape index (κ2) is 19.8. The van der Waals surface area contributed by atoms with Crippen LogP contribution in [-0.2, 0) is 34.1 Å². The summed E-state index contributed by atoms with van der Waals surface area (Å²) >= 11 is 5.80. The van der Waals surface area contributed by atoms with Crippen molar-refractivity contribution in [2.45, 2.75) is 121 Å². The lowest BCUT2D eigenvalue weighted by atomic mass is 9.75. The number of thiocarbonyl (C=S) groups is 1. The number of ether oxygens (including phenoxy) is 4. The molecule has 0 aliphatic carbocycles. The molecule has 0 bridgehead atoms. The zero-order valence-electron chi connectivity index (χ0n) is 31.5. The van der Waals surface area contributed by atoms with E-state index in [0.29, 0.717) is 19.6 Å². The average molecular weight is 738 g/mol. The molecule has 2 N–H and O–H groups in total. The minimum absolute atomic E-state index is 0.0751. The molecule has 0 radical (unpaired) electrons. The molecule has 4 rings (SSSR count). The Labute approximate surface area is 315 Å². The lowest BCUT2D eigenvalue weighted by molar-refractivity contribution is -0.174. The number of unbranched alkanes of at least 4 members (excludes halogenated alkanes) is 8. The molecule has 0 saturated carbocycles. The third-order valence-corrected chi connectivity index (χ3v) is 10.7. The summed E-state index contributed by atoms with van der Waals surface area (Å²) in [5.74, 6) is -4.35. The van der Waals surface area contributed by atoms with Crippen molar-refractivity contribution in [3.63, 3.8) is 0 Å². The van der Waals surface area contributed by atoms with Crippen LogP contribution in [-0.4, -0.2) is 76.5 Å². The molecule has 9 nitrogen and oxygen atoms in total. The van der Waals surface area contributed by atoms with Crippen LogP contribution in [0, 0.1) is 11.8 Å². The molecule has 2 aliphatic heterocycles. The van der Waals surface area contributed by atoms with Crippen LogP contribution in [0.2, 0.25) is 0 Å². The summed E-state index contributed by atoms with van der Waals surface area (Å²) in [7, 11) is 1.30. The molecule has 2 aromatic carbocycles. The van der Waals surface area contributed by atoms with Crippen molar-refractivity contribution in [3.05, 3.63) is 83.9 Å². The molecule has 2 fully saturated rings. The Bertz CT molecular complexity index is 1400. The molecule has 10 heteroatoms. The number of carboxylic acid groups (broad SMARTS) is 1. The number of hydrogen-bond donors (Lipinski definition) is 2. The fourth-order valence-electron chi connectivity index (χ4n) is 7.79. The number of methoxy groups -OCH3 is 1. The highest BCUT2D eigenvalue weighted by molar-refractivity contribution is 7.80. The summed E-state index contributed by atoms with van der Waals surface area (Å²) in [6.45, 7) is 6.89. The van der Waals surface area contributed by atoms with E-state index < -0.39 is 47.4 Å². The van der Waals surface area contributed by atoms with Crippen molar-refractivity contribution >= 4 is 29.3 Å². The standard InChI is InChI=1S/C42H59NO8S/c1-5-6-7-11-20-27-40(49-29-30-50-40)28-21-12-9-8-10-19-26-35(41(47,31-48-4)38(45)46)37(44)43-36(32(2)3)42(51-39(43)52,33-22-15-13-16-23-33)34-24-17-14-18-25-34/h13-19,22-26,32,35-36,47H,5-12,20-21,27-31H2,1-4H3,(H,45,46)/t35-,36?,41+/m1/s1. The van der Waals surface area contributed by atoms with Gasteiger partial charge < -0.3 is 29.2 Å². The van der Waals surface area contributed by atoms with Gasteiger partial charge in [0.2, 0.25) is 11.5 Å². The van der Waals surface area contributed by atoms with E-state index in [-0.39, 0.29) is 11.1 Å². The number of nitrogens with zero attached hydrogens (tertiary/aromatic N) is 1. The Morgan fingerprint density at radius 3 is 1.96 bits per heavy atom. The van der Waals surface area contributed by atoms with Crippen LogP contribution in [0.15, 0.2) is 72.8 Å². The van der Waals surface area contributed by atoms with Crippen molar-refractivity contribution < 1.29 is 38.7 Å². The van der Waals surface area contributed by atoms with Gasteiger partial charge in [-0.2, -0.15) is 0 Å². The Balaban J connectivity index is 1.49. The van der Waals surface area contributed by atoms with Gasteiger partial charge in [-0.25, -0.2) is 4.79 Å². The number of aliphatic hydroxyl groups is 1. The Kier molecular flexibility index (Phi) is 15.8. The second-order valence-corrected chi connectivity index (χ2v) is 14.9. The predicted octanol–water partition coefficient (Wildman–Crippen LogP) is 8.18. The quantitative estimate of drug-likeness (QED) is 0.0702.